The third-order valence-electron chi connectivity index (χ3n) is 4.64. The normalized spacial score (nSPS) is 15.9. The summed E-state index contributed by atoms with van der Waals surface area (Å²) in [5.41, 5.74) is 3.90. The highest BCUT2D eigenvalue weighted by Gasteiger charge is 2.28. The number of nitrogens with one attached hydrogen (secondary N) is 2. The quantitative estimate of drug-likeness (QED) is 0.717. The lowest BCUT2D eigenvalue weighted by Gasteiger charge is -2.15. The van der Waals surface area contributed by atoms with Crippen LogP contribution in [-0.4, -0.2) is 41.8 Å². The van der Waals surface area contributed by atoms with Crippen LogP contribution in [0.15, 0.2) is 60.0 Å². The van der Waals surface area contributed by atoms with E-state index in [9.17, 15) is 4.79 Å². The number of fused-ring (bicyclic) bond motifs is 1. The van der Waals surface area contributed by atoms with Crippen molar-refractivity contribution in [3.8, 4) is 11.5 Å². The maximum atomic E-state index is 12.9. The molecule has 0 bridgehead atoms. The first-order valence-corrected chi connectivity index (χ1v) is 8.87. The second kappa shape index (κ2) is 7.56. The zero-order valence-electron chi connectivity index (χ0n) is 15.6. The third-order valence-corrected chi connectivity index (χ3v) is 4.64. The van der Waals surface area contributed by atoms with Gasteiger partial charge >= 0.3 is 0 Å². The maximum Gasteiger partial charge on any atom is 0.249 e. The van der Waals surface area contributed by atoms with E-state index in [0.717, 1.165) is 22.5 Å². The summed E-state index contributed by atoms with van der Waals surface area (Å²) in [4.78, 5) is 24.8. The van der Waals surface area contributed by atoms with Crippen LogP contribution in [0, 0.1) is 0 Å². The fourth-order valence-corrected chi connectivity index (χ4v) is 3.25. The molecule has 2 heterocycles. The number of imidazole rings is 1. The van der Waals surface area contributed by atoms with E-state index >= 15 is 0 Å². The van der Waals surface area contributed by atoms with Gasteiger partial charge in [0.25, 0.3) is 0 Å². The molecule has 28 heavy (non-hydrogen) atoms. The van der Waals surface area contributed by atoms with Crippen molar-refractivity contribution in [2.45, 2.75) is 12.5 Å². The molecule has 3 aromatic rings. The second-order valence-corrected chi connectivity index (χ2v) is 6.38. The van der Waals surface area contributed by atoms with Gasteiger partial charge in [0.05, 0.1) is 31.9 Å². The number of benzene rings is 2. The van der Waals surface area contributed by atoms with Gasteiger partial charge in [0.2, 0.25) is 5.91 Å². The van der Waals surface area contributed by atoms with Crippen molar-refractivity contribution in [2.75, 3.05) is 19.5 Å². The van der Waals surface area contributed by atoms with Gasteiger partial charge in [0.15, 0.2) is 11.5 Å². The van der Waals surface area contributed by atoms with E-state index in [-0.39, 0.29) is 5.91 Å². The van der Waals surface area contributed by atoms with E-state index in [2.05, 4.69) is 15.3 Å². The van der Waals surface area contributed by atoms with Crippen LogP contribution >= 0.6 is 0 Å². The minimum atomic E-state index is -0.597. The number of rotatable bonds is 5. The molecule has 2 N–H and O–H groups in total. The molecule has 0 radical (unpaired) electrons. The Morgan fingerprint density at radius 3 is 2.50 bits per heavy atom. The van der Waals surface area contributed by atoms with Crippen molar-refractivity contribution in [1.29, 1.82) is 0 Å². The number of carbonyl (C=O) groups excluding carboxylic acids is 1. The predicted octanol–water partition coefficient (Wildman–Crippen LogP) is 2.83. The average molecular weight is 376 g/mol. The van der Waals surface area contributed by atoms with Gasteiger partial charge in [0, 0.05) is 35.5 Å². The van der Waals surface area contributed by atoms with Gasteiger partial charge in [0.1, 0.15) is 6.04 Å². The number of benzodiazepines with no additional fused rings is 1. The number of H-pyrrole nitrogens is 1. The SMILES string of the molecule is COc1cc2c(cc1OC)C(c1ccccc1)=NC(Cc1cnc[nH]1)C(=O)N2. The number of nitrogens with zero attached hydrogens (tertiary/aromatic N) is 2. The molecule has 0 saturated heterocycles. The molecule has 1 unspecified atom stereocenters. The fourth-order valence-electron chi connectivity index (χ4n) is 3.25. The molecular formula is C21H20N4O3. The highest BCUT2D eigenvalue weighted by Crippen LogP contribution is 2.36. The number of amides is 1. The molecule has 2 aromatic carbocycles. The van der Waals surface area contributed by atoms with Gasteiger partial charge in [-0.05, 0) is 6.07 Å². The number of aromatic nitrogens is 2. The monoisotopic (exact) mass is 376 g/mol. The van der Waals surface area contributed by atoms with Crippen LogP contribution in [0.3, 0.4) is 0 Å². The molecule has 0 saturated carbocycles. The molecule has 0 aliphatic carbocycles. The molecule has 7 heteroatoms. The van der Waals surface area contributed by atoms with Gasteiger partial charge in [-0.25, -0.2) is 4.98 Å². The van der Waals surface area contributed by atoms with Crippen LogP contribution < -0.4 is 14.8 Å². The van der Waals surface area contributed by atoms with Gasteiger partial charge in [-0.3, -0.25) is 9.79 Å². The van der Waals surface area contributed by atoms with E-state index in [1.165, 1.54) is 0 Å². The Bertz CT molecular complexity index is 1010. The zero-order valence-corrected chi connectivity index (χ0v) is 15.6. The summed E-state index contributed by atoms with van der Waals surface area (Å²) in [5.74, 6) is 0.932. The van der Waals surface area contributed by atoms with Crippen molar-refractivity contribution in [3.05, 3.63) is 71.8 Å². The Morgan fingerprint density at radius 1 is 1.07 bits per heavy atom. The van der Waals surface area contributed by atoms with E-state index in [1.807, 2.05) is 36.4 Å². The molecule has 4 rings (SSSR count). The molecule has 1 aromatic heterocycles. The van der Waals surface area contributed by atoms with E-state index in [1.54, 1.807) is 32.8 Å². The summed E-state index contributed by atoms with van der Waals surface area (Å²) < 4.78 is 10.9. The molecule has 142 valence electrons. The van der Waals surface area contributed by atoms with Crippen LogP contribution in [0.4, 0.5) is 5.69 Å². The summed E-state index contributed by atoms with van der Waals surface area (Å²) in [5, 5.41) is 2.99. The van der Waals surface area contributed by atoms with Crippen molar-refractivity contribution >= 4 is 17.3 Å². The number of ether oxygens (including phenoxy) is 2. The smallest absolute Gasteiger partial charge is 0.249 e. The topological polar surface area (TPSA) is 88.6 Å². The highest BCUT2D eigenvalue weighted by molar-refractivity contribution is 6.20. The van der Waals surface area contributed by atoms with Gasteiger partial charge in [-0.1, -0.05) is 30.3 Å². The first kappa shape index (κ1) is 17.8. The lowest BCUT2D eigenvalue weighted by Crippen LogP contribution is -2.27. The lowest BCUT2D eigenvalue weighted by molar-refractivity contribution is -0.117. The number of anilines is 1. The van der Waals surface area contributed by atoms with Gasteiger partial charge in [-0.2, -0.15) is 0 Å². The molecule has 1 aliphatic heterocycles. The summed E-state index contributed by atoms with van der Waals surface area (Å²) >= 11 is 0. The minimum Gasteiger partial charge on any atom is -0.493 e. The standard InChI is InChI=1S/C21H20N4O3/c1-27-18-9-15-16(10-19(18)28-2)25-21(26)17(8-14-11-22-12-23-14)24-20(15)13-6-4-3-5-7-13/h3-7,9-12,17H,8H2,1-2H3,(H,22,23)(H,25,26). The van der Waals surface area contributed by atoms with Crippen LogP contribution in [0.2, 0.25) is 0 Å². The third kappa shape index (κ3) is 3.34. The number of hydrogen-bond donors (Lipinski definition) is 2. The van der Waals surface area contributed by atoms with Crippen LogP contribution in [-0.2, 0) is 11.2 Å². The predicted molar refractivity (Wildman–Crippen MR) is 106 cm³/mol. The Kier molecular flexibility index (Phi) is 4.80. The Morgan fingerprint density at radius 2 is 1.82 bits per heavy atom. The van der Waals surface area contributed by atoms with Crippen molar-refractivity contribution in [3.63, 3.8) is 0 Å². The van der Waals surface area contributed by atoms with Crippen molar-refractivity contribution in [1.82, 2.24) is 9.97 Å². The Balaban J connectivity index is 1.87. The first-order valence-electron chi connectivity index (χ1n) is 8.87. The lowest BCUT2D eigenvalue weighted by atomic mass is 10.00. The maximum absolute atomic E-state index is 12.9. The Labute approximate surface area is 162 Å². The van der Waals surface area contributed by atoms with E-state index < -0.39 is 6.04 Å². The number of aliphatic imine (C=N–C) groups is 1. The second-order valence-electron chi connectivity index (χ2n) is 6.38. The van der Waals surface area contributed by atoms with Crippen LogP contribution in [0.25, 0.3) is 0 Å². The van der Waals surface area contributed by atoms with Crippen LogP contribution in [0.1, 0.15) is 16.8 Å². The highest BCUT2D eigenvalue weighted by atomic mass is 16.5. The molecule has 0 fully saturated rings. The summed E-state index contributed by atoms with van der Waals surface area (Å²) in [6, 6.07) is 12.8. The largest absolute Gasteiger partial charge is 0.493 e. The number of hydrogen-bond acceptors (Lipinski definition) is 5. The molecule has 1 atom stereocenters. The number of aromatic amines is 1. The average Bonchev–Trinajstić information content (AvgIpc) is 3.20. The zero-order chi connectivity index (χ0) is 19.5. The molecule has 1 aliphatic rings. The van der Waals surface area contributed by atoms with Crippen molar-refractivity contribution in [2.24, 2.45) is 4.99 Å². The van der Waals surface area contributed by atoms with E-state index in [4.69, 9.17) is 14.5 Å². The minimum absolute atomic E-state index is 0.186. The Hall–Kier alpha value is -3.61. The molecular weight excluding hydrogens is 356 g/mol. The van der Waals surface area contributed by atoms with E-state index in [0.29, 0.717) is 23.6 Å². The summed E-state index contributed by atoms with van der Waals surface area (Å²) in [6.45, 7) is 0. The van der Waals surface area contributed by atoms with Gasteiger partial charge < -0.3 is 19.8 Å². The van der Waals surface area contributed by atoms with Crippen molar-refractivity contribution < 1.29 is 14.3 Å². The summed E-state index contributed by atoms with van der Waals surface area (Å²) in [6.07, 6.45) is 3.72. The fraction of sp³-hybridized carbons (Fsp3) is 0.190. The molecule has 1 amide bonds. The number of carbonyl (C=O) groups is 1. The summed E-state index contributed by atoms with van der Waals surface area (Å²) in [7, 11) is 3.15. The number of methoxy groups -OCH3 is 2. The molecule has 7 nitrogen and oxygen atoms in total. The molecule has 0 spiro atoms. The van der Waals surface area contributed by atoms with Gasteiger partial charge in [-0.15, -0.1) is 0 Å². The van der Waals surface area contributed by atoms with Crippen LogP contribution in [0.5, 0.6) is 11.5 Å². The first-order chi connectivity index (χ1) is 13.7.